The quantitative estimate of drug-likeness (QED) is 0.0367. The molecule has 2 aliphatic carbocycles. The summed E-state index contributed by atoms with van der Waals surface area (Å²) in [5.41, 5.74) is 7.29. The third-order valence-corrected chi connectivity index (χ3v) is 16.9. The van der Waals surface area contributed by atoms with Crippen molar-refractivity contribution in [3.05, 3.63) is 214 Å². The number of anilines is 2. The Hall–Kier alpha value is -8.40. The first kappa shape index (κ1) is 69.5. The van der Waals surface area contributed by atoms with Crippen molar-refractivity contribution in [1.82, 2.24) is 35.5 Å². The number of ether oxygens (including phenoxy) is 1. The summed E-state index contributed by atoms with van der Waals surface area (Å²) in [6.07, 6.45) is -3.50. The van der Waals surface area contributed by atoms with Crippen LogP contribution >= 0.6 is 12.4 Å². The van der Waals surface area contributed by atoms with E-state index in [4.69, 9.17) is 10.5 Å². The lowest BCUT2D eigenvalue weighted by Gasteiger charge is -2.21. The zero-order valence-electron chi connectivity index (χ0n) is 50.6. The molecule has 3 amide bonds. The summed E-state index contributed by atoms with van der Waals surface area (Å²) >= 11 is 0. The van der Waals surface area contributed by atoms with Crippen molar-refractivity contribution in [3.63, 3.8) is 0 Å². The van der Waals surface area contributed by atoms with Gasteiger partial charge in [0.2, 0.25) is 0 Å². The number of hydrogen-bond acceptors (Lipinski definition) is 13. The van der Waals surface area contributed by atoms with Gasteiger partial charge in [-0.25, -0.2) is 31.0 Å². The van der Waals surface area contributed by atoms with E-state index in [0.29, 0.717) is 46.5 Å². The average molecular weight is 1330 g/mol. The molecule has 0 bridgehead atoms. The highest BCUT2D eigenvalue weighted by atomic mass is 35.5. The second kappa shape index (κ2) is 28.6. The molecule has 92 heavy (non-hydrogen) atoms. The number of rotatable bonds is 21. The highest BCUT2D eigenvalue weighted by Gasteiger charge is 2.38. The molecule has 8 aromatic rings. The van der Waals surface area contributed by atoms with Crippen LogP contribution in [-0.2, 0) is 49.9 Å². The van der Waals surface area contributed by atoms with Gasteiger partial charge in [0, 0.05) is 49.1 Å². The predicted molar refractivity (Wildman–Crippen MR) is 338 cm³/mol. The molecule has 0 saturated heterocycles. The Morgan fingerprint density at radius 2 is 0.978 bits per heavy atom. The number of sulfone groups is 2. The molecule has 7 N–H and O–H groups in total. The van der Waals surface area contributed by atoms with Crippen molar-refractivity contribution in [1.29, 1.82) is 0 Å². The Labute approximate surface area is 535 Å². The first-order valence-corrected chi connectivity index (χ1v) is 32.8. The summed E-state index contributed by atoms with van der Waals surface area (Å²) in [6, 6.07) is 40.5. The van der Waals surface area contributed by atoms with Gasteiger partial charge in [0.25, 0.3) is 11.8 Å². The molecule has 2 unspecified atom stereocenters. The number of carbonyl (C=O) groups is 3. The molecule has 2 atom stereocenters. The molecule has 0 aliphatic heterocycles. The number of benzene rings is 6. The molecular weight excluding hydrogens is 1260 g/mol. The highest BCUT2D eigenvalue weighted by molar-refractivity contribution is 7.91. The number of alkyl carbamates (subject to hydrolysis) is 1. The van der Waals surface area contributed by atoms with Gasteiger partial charge in [0.05, 0.1) is 33.2 Å². The van der Waals surface area contributed by atoms with Gasteiger partial charge in [-0.1, -0.05) is 72.8 Å². The Morgan fingerprint density at radius 1 is 0.554 bits per heavy atom. The zero-order chi connectivity index (χ0) is 65.6. The van der Waals surface area contributed by atoms with Gasteiger partial charge >= 0.3 is 18.4 Å². The Bertz CT molecular complexity index is 4190. The van der Waals surface area contributed by atoms with E-state index in [-0.39, 0.29) is 70.1 Å². The fraction of sp³-hybridized carbons (Fsp3) is 0.308. The molecule has 488 valence electrons. The molecule has 10 rings (SSSR count). The smallest absolute Gasteiger partial charge is 0.435 e. The third-order valence-electron chi connectivity index (χ3n) is 14.7. The topological polar surface area (TPSA) is 251 Å². The number of nitrogens with one attached hydrogen (secondary N) is 5. The first-order chi connectivity index (χ1) is 42.9. The van der Waals surface area contributed by atoms with E-state index < -0.39 is 66.9 Å². The maximum absolute atomic E-state index is 13.8. The van der Waals surface area contributed by atoms with E-state index in [1.54, 1.807) is 130 Å². The number of alkyl halides is 6. The summed E-state index contributed by atoms with van der Waals surface area (Å²) in [4.78, 5) is 39.5. The molecule has 0 spiro atoms. The molecule has 2 aromatic heterocycles. The number of amides is 3. The Balaban J connectivity index is 0.000000237. The van der Waals surface area contributed by atoms with Crippen LogP contribution in [-0.4, -0.2) is 85.5 Å². The summed E-state index contributed by atoms with van der Waals surface area (Å²) in [7, 11) is -6.82. The van der Waals surface area contributed by atoms with Crippen LogP contribution in [0.5, 0.6) is 0 Å². The Kier molecular flexibility index (Phi) is 21.6. The first-order valence-electron chi connectivity index (χ1n) is 29.0. The van der Waals surface area contributed by atoms with Crippen LogP contribution in [0.1, 0.15) is 124 Å². The minimum absolute atomic E-state index is 0. The minimum atomic E-state index is -4.82. The summed E-state index contributed by atoms with van der Waals surface area (Å²) in [5.74, 6) is -0.531. The number of hydrogen-bond donors (Lipinski definition) is 6. The van der Waals surface area contributed by atoms with Gasteiger partial charge in [-0.15, -0.1) is 12.4 Å². The van der Waals surface area contributed by atoms with E-state index >= 15 is 0 Å². The van der Waals surface area contributed by atoms with Gasteiger partial charge in [-0.05, 0) is 178 Å². The molecular formula is C65H69ClF6N10O8S2. The molecule has 27 heteroatoms. The number of carbonyl (C=O) groups excluding carboxylic acids is 3. The van der Waals surface area contributed by atoms with E-state index in [2.05, 4.69) is 36.8 Å². The number of nitrogens with zero attached hydrogens (tertiary/aromatic N) is 4. The van der Waals surface area contributed by atoms with E-state index in [0.717, 1.165) is 82.9 Å². The highest BCUT2D eigenvalue weighted by Crippen LogP contribution is 2.36. The molecule has 18 nitrogen and oxygen atoms in total. The fourth-order valence-corrected chi connectivity index (χ4v) is 11.0. The van der Waals surface area contributed by atoms with Crippen LogP contribution in [0, 0.1) is 11.8 Å². The predicted octanol–water partition coefficient (Wildman–Crippen LogP) is 12.2. The number of aromatic nitrogens is 4. The van der Waals surface area contributed by atoms with Crippen molar-refractivity contribution in [2.24, 2.45) is 17.6 Å². The fourth-order valence-electron chi connectivity index (χ4n) is 9.74. The molecule has 2 heterocycles. The lowest BCUT2D eigenvalue weighted by atomic mass is 9.98. The minimum Gasteiger partial charge on any atom is -0.444 e. The van der Waals surface area contributed by atoms with Crippen LogP contribution in [0.25, 0.3) is 11.4 Å². The summed E-state index contributed by atoms with van der Waals surface area (Å²) in [5, 5.41) is 22.5. The van der Waals surface area contributed by atoms with Crippen LogP contribution in [0.15, 0.2) is 168 Å². The second-order valence-corrected chi connectivity index (χ2v) is 27.5. The SMILES string of the molecule is CC(C)(C)OC(=O)NCc1cccc(-n2nc(C(F)(F)F)cc2C(=O)Nc2cccc(C(NCC3CC3)c3ccc(S(C)(=O)=O)cc3)c2)c1.CS(=O)(=O)c1cccc(C(NCC2CC2)c2cccc(NC(=O)c3cc(C(F)(F)F)nn3-c3cccc(CN)c3)c2)c1.Cl. The van der Waals surface area contributed by atoms with Crippen LogP contribution < -0.4 is 32.3 Å². The largest absolute Gasteiger partial charge is 0.444 e. The maximum Gasteiger partial charge on any atom is 0.435 e. The maximum atomic E-state index is 13.8. The third kappa shape index (κ3) is 18.9. The van der Waals surface area contributed by atoms with Gasteiger partial charge in [-0.3, -0.25) is 9.59 Å². The average Bonchev–Trinajstić information content (AvgIpc) is 1.72. The molecule has 0 radical (unpaired) electrons. The van der Waals surface area contributed by atoms with Crippen molar-refractivity contribution in [2.45, 2.75) is 99.4 Å². The Morgan fingerprint density at radius 3 is 1.41 bits per heavy atom. The van der Waals surface area contributed by atoms with Crippen LogP contribution in [0.2, 0.25) is 0 Å². The lowest BCUT2D eigenvalue weighted by molar-refractivity contribution is -0.142. The second-order valence-electron chi connectivity index (χ2n) is 23.5. The van der Waals surface area contributed by atoms with Crippen molar-refractivity contribution >= 4 is 61.4 Å². The molecule has 2 aliphatic rings. The van der Waals surface area contributed by atoms with E-state index in [1.165, 1.54) is 18.2 Å². The standard InChI is InChI=1S/C35H38F3N5O5S.C30H30F3N5O3S.ClH/c1-34(2,3)48-33(45)40-21-23-7-5-10-27(17-23)43-29(19-30(42-43)35(36,37)38)32(44)41-26-9-6-8-25(18-26)31(39-20-22-11-12-22)24-13-15-28(16-14-24)49(4,46)47;1-42(40,41)25-10-4-7-22(15-25)28(35-18-19-11-12-19)21-6-3-8-23(14-21)36-29(39)26-16-27(30(31,32)33)37-38(26)24-9-2-5-20(13-24)17-34;/h5-10,13-19,22,31,39H,11-12,20-21H2,1-4H3,(H,40,45)(H,41,44);2-10,13-16,19,28,35H,11-12,17-18,34H2,1H3,(H,36,39);1H. The monoisotopic (exact) mass is 1330 g/mol. The van der Waals surface area contributed by atoms with Crippen molar-refractivity contribution in [2.75, 3.05) is 36.2 Å². The van der Waals surface area contributed by atoms with Crippen molar-refractivity contribution in [3.8, 4) is 11.4 Å². The van der Waals surface area contributed by atoms with Gasteiger partial charge in [0.1, 0.15) is 17.0 Å². The lowest BCUT2D eigenvalue weighted by Crippen LogP contribution is -2.32. The van der Waals surface area contributed by atoms with Crippen molar-refractivity contribution < 1.29 is 62.3 Å². The number of halogens is 7. The summed E-state index contributed by atoms with van der Waals surface area (Å²) < 4.78 is 138. The number of nitrogens with two attached hydrogens (primary N) is 1. The molecule has 2 saturated carbocycles. The summed E-state index contributed by atoms with van der Waals surface area (Å²) in [6.45, 7) is 6.81. The zero-order valence-corrected chi connectivity index (χ0v) is 53.1. The van der Waals surface area contributed by atoms with Gasteiger partial charge in [-0.2, -0.15) is 36.5 Å². The van der Waals surface area contributed by atoms with Gasteiger partial charge in [0.15, 0.2) is 31.1 Å². The van der Waals surface area contributed by atoms with Crippen LogP contribution in [0.4, 0.5) is 42.5 Å². The van der Waals surface area contributed by atoms with Crippen LogP contribution in [0.3, 0.4) is 0 Å². The molecule has 6 aromatic carbocycles. The normalized spacial score (nSPS) is 14.2. The molecule has 2 fully saturated rings. The van der Waals surface area contributed by atoms with E-state index in [1.807, 2.05) is 18.2 Å². The van der Waals surface area contributed by atoms with E-state index in [9.17, 15) is 57.6 Å². The van der Waals surface area contributed by atoms with Gasteiger partial charge < -0.3 is 37.1 Å².